The van der Waals surface area contributed by atoms with Crippen molar-refractivity contribution < 1.29 is 19.2 Å². The van der Waals surface area contributed by atoms with Crippen LogP contribution in [0.5, 0.6) is 0 Å². The van der Waals surface area contributed by atoms with Gasteiger partial charge in [-0.2, -0.15) is 0 Å². The maximum atomic E-state index is 11.6. The van der Waals surface area contributed by atoms with Gasteiger partial charge in [0.1, 0.15) is 0 Å². The lowest BCUT2D eigenvalue weighted by Crippen LogP contribution is -2.03. The predicted octanol–water partition coefficient (Wildman–Crippen LogP) is 2.53. The van der Waals surface area contributed by atoms with Crippen LogP contribution in [-0.2, 0) is 10.3 Å². The monoisotopic (exact) mass is 277 g/mol. The summed E-state index contributed by atoms with van der Waals surface area (Å²) in [6, 6.07) is 3.44. The molecule has 0 aliphatic rings. The molecule has 0 N–H and O–H groups in total. The Hall–Kier alpha value is -1.50. The Bertz CT molecular complexity index is 410. The molecule has 0 aliphatic carbocycles. The average Bonchev–Trinajstić information content (AvgIpc) is 2.27. The molecule has 0 unspecified atom stereocenters. The van der Waals surface area contributed by atoms with Crippen LogP contribution in [0.2, 0.25) is 0 Å². The Morgan fingerprint density at radius 2 is 2.27 bits per heavy atom. The molecule has 0 saturated heterocycles. The Morgan fingerprint density at radius 1 is 1.60 bits per heavy atom. The number of non-ortho nitro benzene ring substituents is 1. The molecule has 0 heterocycles. The second kappa shape index (κ2) is 4.83. The highest BCUT2D eigenvalue weighted by atomic mass is 79.9. The van der Waals surface area contributed by atoms with Crippen LogP contribution in [0.4, 0.5) is 10.2 Å². The molecule has 1 aromatic carbocycles. The van der Waals surface area contributed by atoms with Gasteiger partial charge >= 0.3 is 5.97 Å². The molecule has 15 heavy (non-hydrogen) atoms. The molecule has 0 amide bonds. The van der Waals surface area contributed by atoms with Crippen molar-refractivity contribution in [3.63, 3.8) is 0 Å². The van der Waals surface area contributed by atoms with Crippen molar-refractivity contribution in [3.05, 3.63) is 39.4 Å². The van der Waals surface area contributed by atoms with Gasteiger partial charge < -0.3 is 0 Å². The number of nitro groups is 1. The lowest BCUT2D eigenvalue weighted by Gasteiger charge is -2.02. The summed E-state index contributed by atoms with van der Waals surface area (Å²) in [5.74, 6) is -1.17. The van der Waals surface area contributed by atoms with Gasteiger partial charge in [0.05, 0.1) is 10.5 Å². The fraction of sp³-hybridized carbons (Fsp3) is 0.125. The van der Waals surface area contributed by atoms with Crippen LogP contribution in [0.1, 0.15) is 15.9 Å². The van der Waals surface area contributed by atoms with Crippen LogP contribution in [0.15, 0.2) is 18.2 Å². The van der Waals surface area contributed by atoms with Crippen molar-refractivity contribution in [1.82, 2.24) is 0 Å². The molecule has 0 radical (unpaired) electrons. The first-order chi connectivity index (χ1) is 7.10. The number of rotatable bonds is 3. The summed E-state index contributed by atoms with van der Waals surface area (Å²) in [5, 5.41) is 10.6. The van der Waals surface area contributed by atoms with Crippen molar-refractivity contribution in [2.45, 2.75) is 5.33 Å². The Morgan fingerprint density at radius 3 is 2.73 bits per heavy atom. The van der Waals surface area contributed by atoms with E-state index in [2.05, 4.69) is 20.9 Å². The number of hydrogen-bond acceptors (Lipinski definition) is 4. The van der Waals surface area contributed by atoms with Crippen molar-refractivity contribution in [2.75, 3.05) is 0 Å². The molecule has 0 spiro atoms. The van der Waals surface area contributed by atoms with Gasteiger partial charge in [0.15, 0.2) is 0 Å². The van der Waals surface area contributed by atoms with Gasteiger partial charge in [-0.3, -0.25) is 10.1 Å². The molecule has 0 saturated carbocycles. The van der Waals surface area contributed by atoms with E-state index in [1.807, 2.05) is 0 Å². The second-order valence-electron chi connectivity index (χ2n) is 2.60. The van der Waals surface area contributed by atoms with Crippen molar-refractivity contribution >= 4 is 27.6 Å². The maximum absolute atomic E-state index is 11.6. The zero-order chi connectivity index (χ0) is 11.4. The van der Waals surface area contributed by atoms with Crippen LogP contribution in [0.25, 0.3) is 0 Å². The number of carbonyl (C=O) groups is 1. The van der Waals surface area contributed by atoms with E-state index in [1.165, 1.54) is 6.07 Å². The number of nitro benzene ring substituents is 1. The number of hydrogen-bond donors (Lipinski definition) is 0. The molecule has 0 bridgehead atoms. The van der Waals surface area contributed by atoms with Crippen molar-refractivity contribution in [3.8, 4) is 0 Å². The predicted molar refractivity (Wildman–Crippen MR) is 52.3 cm³/mol. The van der Waals surface area contributed by atoms with Gasteiger partial charge in [-0.05, 0) is 11.6 Å². The molecule has 1 rings (SSSR count). The summed E-state index contributed by atoms with van der Waals surface area (Å²) >= 11 is 3.04. The molecule has 5 nitrogen and oxygen atoms in total. The van der Waals surface area contributed by atoms with E-state index in [4.69, 9.17) is 0 Å². The highest BCUT2D eigenvalue weighted by Crippen LogP contribution is 2.20. The lowest BCUT2D eigenvalue weighted by atomic mass is 10.1. The van der Waals surface area contributed by atoms with Crippen LogP contribution >= 0.6 is 15.9 Å². The highest BCUT2D eigenvalue weighted by molar-refractivity contribution is 9.08. The second-order valence-corrected chi connectivity index (χ2v) is 3.16. The Kier molecular flexibility index (Phi) is 3.73. The van der Waals surface area contributed by atoms with Gasteiger partial charge in [-0.1, -0.05) is 15.9 Å². The van der Waals surface area contributed by atoms with Gasteiger partial charge in [-0.25, -0.2) is 9.74 Å². The zero-order valence-corrected chi connectivity index (χ0v) is 8.86. The van der Waals surface area contributed by atoms with Crippen LogP contribution in [0.3, 0.4) is 0 Å². The summed E-state index contributed by atoms with van der Waals surface area (Å²) in [7, 11) is 0. The minimum Gasteiger partial charge on any atom is -0.258 e. The van der Waals surface area contributed by atoms with Gasteiger partial charge in [0.2, 0.25) is 0 Å². The largest absolute Gasteiger partial charge is 0.379 e. The quantitative estimate of drug-likeness (QED) is 0.484. The van der Waals surface area contributed by atoms with E-state index >= 15 is 0 Å². The average molecular weight is 278 g/mol. The molecule has 0 atom stereocenters. The molecule has 0 aromatic heterocycles. The van der Waals surface area contributed by atoms with E-state index in [9.17, 15) is 19.4 Å². The first-order valence-corrected chi connectivity index (χ1v) is 4.88. The Balaban J connectivity index is 3.20. The third-order valence-corrected chi connectivity index (χ3v) is 2.34. The zero-order valence-electron chi connectivity index (χ0n) is 7.28. The minimum absolute atomic E-state index is 0.0417. The minimum atomic E-state index is -1.17. The molecule has 1 aromatic rings. The Labute approximate surface area is 92.0 Å². The topological polar surface area (TPSA) is 69.4 Å². The van der Waals surface area contributed by atoms with E-state index in [0.717, 1.165) is 12.1 Å². The summed E-state index contributed by atoms with van der Waals surface area (Å²) in [4.78, 5) is 23.8. The molecule has 7 heteroatoms. The van der Waals surface area contributed by atoms with Gasteiger partial charge in [-0.15, -0.1) is 0 Å². The molecule has 80 valence electrons. The summed E-state index contributed by atoms with van der Waals surface area (Å²) < 4.78 is 11.6. The van der Waals surface area contributed by atoms with E-state index in [0.29, 0.717) is 5.56 Å². The van der Waals surface area contributed by atoms with Crippen molar-refractivity contribution in [1.29, 1.82) is 0 Å². The number of alkyl halides is 1. The third kappa shape index (κ3) is 2.50. The first kappa shape index (κ1) is 11.6. The normalized spacial score (nSPS) is 9.73. The molecule has 0 fully saturated rings. The number of carbonyl (C=O) groups excluding carboxylic acids is 1. The van der Waals surface area contributed by atoms with E-state index in [-0.39, 0.29) is 16.6 Å². The van der Waals surface area contributed by atoms with Crippen LogP contribution in [0, 0.1) is 10.1 Å². The SMILES string of the molecule is O=C(OF)c1ccc([N+](=O)[O-])cc1CBr. The smallest absolute Gasteiger partial charge is 0.258 e. The van der Waals surface area contributed by atoms with Gasteiger partial charge in [0.25, 0.3) is 5.69 Å². The lowest BCUT2D eigenvalue weighted by molar-refractivity contribution is -0.384. The fourth-order valence-electron chi connectivity index (χ4n) is 1.04. The maximum Gasteiger partial charge on any atom is 0.379 e. The number of halogens is 2. The first-order valence-electron chi connectivity index (χ1n) is 3.76. The summed E-state index contributed by atoms with van der Waals surface area (Å²) in [6.45, 7) is 0. The third-order valence-electron chi connectivity index (χ3n) is 1.73. The van der Waals surface area contributed by atoms with Gasteiger partial charge in [0, 0.05) is 22.0 Å². The summed E-state index contributed by atoms with van der Waals surface area (Å²) in [6.07, 6.45) is 0. The number of nitrogens with zero attached hydrogens (tertiary/aromatic N) is 1. The van der Waals surface area contributed by atoms with Crippen molar-refractivity contribution in [2.24, 2.45) is 0 Å². The molecular weight excluding hydrogens is 273 g/mol. The number of benzene rings is 1. The highest BCUT2D eigenvalue weighted by Gasteiger charge is 2.16. The molecule has 0 aliphatic heterocycles. The summed E-state index contributed by atoms with van der Waals surface area (Å²) in [5.41, 5.74) is 0.0895. The standard InChI is InChI=1S/C8H5BrFNO4/c9-4-5-3-6(11(13)14)1-2-7(5)8(12)15-10/h1-3H,4H2. The van der Waals surface area contributed by atoms with E-state index in [1.54, 1.807) is 0 Å². The van der Waals surface area contributed by atoms with E-state index < -0.39 is 10.9 Å². The van der Waals surface area contributed by atoms with Crippen LogP contribution < -0.4 is 0 Å². The molecular formula is C8H5BrFNO4. The van der Waals surface area contributed by atoms with Crippen LogP contribution in [-0.4, -0.2) is 10.9 Å². The fourth-order valence-corrected chi connectivity index (χ4v) is 1.51.